The van der Waals surface area contributed by atoms with E-state index in [-0.39, 0.29) is 0 Å². The normalized spacial score (nSPS) is 11.2. The third-order valence-corrected chi connectivity index (χ3v) is 4.20. The minimum Gasteiger partial charge on any atom is -0.335 e. The smallest absolute Gasteiger partial charge is 0.0857 e. The Morgan fingerprint density at radius 2 is 1.88 bits per heavy atom. The maximum absolute atomic E-state index is 3.65. The number of fused-ring (bicyclic) bond motifs is 1. The minimum atomic E-state index is 1.10. The molecule has 2 aromatic rings. The summed E-state index contributed by atoms with van der Waals surface area (Å²) < 4.78 is 4.68. The molecule has 1 heterocycles. The average Bonchev–Trinajstić information content (AvgIpc) is 2.61. The number of hydrogen-bond donors (Lipinski definition) is 0. The second-order valence-electron chi connectivity index (χ2n) is 4.38. The van der Waals surface area contributed by atoms with Gasteiger partial charge in [0.1, 0.15) is 0 Å². The van der Waals surface area contributed by atoms with Crippen molar-refractivity contribution in [1.29, 1.82) is 0 Å². The van der Waals surface area contributed by atoms with Crippen LogP contribution in [0.3, 0.4) is 0 Å². The Bertz CT molecular complexity index is 502. The fraction of sp³-hybridized carbons (Fsp3) is 0.429. The van der Waals surface area contributed by atoms with Gasteiger partial charge in [0.05, 0.1) is 10.1 Å². The van der Waals surface area contributed by atoms with Crippen molar-refractivity contribution in [3.63, 3.8) is 0 Å². The zero-order valence-corrected chi connectivity index (χ0v) is 13.2. The van der Waals surface area contributed by atoms with Crippen molar-refractivity contribution in [3.05, 3.63) is 33.3 Å². The van der Waals surface area contributed by atoms with Crippen LogP contribution >= 0.6 is 31.9 Å². The van der Waals surface area contributed by atoms with Crippen molar-refractivity contribution in [2.45, 2.75) is 39.2 Å². The Labute approximate surface area is 119 Å². The molecule has 0 unspecified atom stereocenters. The summed E-state index contributed by atoms with van der Waals surface area (Å²) >= 11 is 7.19. The monoisotopic (exact) mass is 357 g/mol. The first-order valence-electron chi connectivity index (χ1n) is 6.16. The van der Waals surface area contributed by atoms with Crippen LogP contribution in [0.25, 0.3) is 10.9 Å². The third kappa shape index (κ3) is 3.14. The fourth-order valence-electron chi connectivity index (χ4n) is 2.12. The van der Waals surface area contributed by atoms with Crippen LogP contribution in [-0.4, -0.2) is 4.57 Å². The highest BCUT2D eigenvalue weighted by Gasteiger charge is 2.06. The number of aryl methyl sites for hydroxylation is 1. The maximum atomic E-state index is 3.65. The van der Waals surface area contributed by atoms with Crippen molar-refractivity contribution in [2.75, 3.05) is 0 Å². The van der Waals surface area contributed by atoms with Crippen LogP contribution in [0, 0.1) is 0 Å². The number of hydrogen-bond acceptors (Lipinski definition) is 0. The van der Waals surface area contributed by atoms with Crippen LogP contribution in [0.15, 0.2) is 33.3 Å². The Kier molecular flexibility index (Phi) is 4.69. The van der Waals surface area contributed by atoms with Gasteiger partial charge < -0.3 is 4.57 Å². The second kappa shape index (κ2) is 6.05. The molecule has 0 amide bonds. The quantitative estimate of drug-likeness (QED) is 0.600. The number of rotatable bonds is 5. The second-order valence-corrected chi connectivity index (χ2v) is 6.11. The summed E-state index contributed by atoms with van der Waals surface area (Å²) in [6.07, 6.45) is 5.19. The lowest BCUT2D eigenvalue weighted by atomic mass is 10.2. The third-order valence-electron chi connectivity index (χ3n) is 3.05. The number of unbranched alkanes of at least 4 members (excludes halogenated alkanes) is 3. The predicted octanol–water partition coefficient (Wildman–Crippen LogP) is 5.75. The van der Waals surface area contributed by atoms with Crippen LogP contribution in [-0.2, 0) is 6.54 Å². The van der Waals surface area contributed by atoms with Crippen molar-refractivity contribution in [1.82, 2.24) is 4.57 Å². The lowest BCUT2D eigenvalue weighted by Crippen LogP contribution is -1.97. The maximum Gasteiger partial charge on any atom is 0.0857 e. The topological polar surface area (TPSA) is 4.93 Å². The molecule has 3 heteroatoms. The number of aromatic nitrogens is 1. The molecule has 0 aliphatic rings. The van der Waals surface area contributed by atoms with E-state index < -0.39 is 0 Å². The van der Waals surface area contributed by atoms with Gasteiger partial charge in [0.15, 0.2) is 0 Å². The molecule has 92 valence electrons. The molecule has 0 spiro atoms. The van der Waals surface area contributed by atoms with Crippen LogP contribution in [0.1, 0.15) is 32.6 Å². The Balaban J connectivity index is 2.20. The molecule has 0 N–H and O–H groups in total. The Hall–Kier alpha value is -0.280. The van der Waals surface area contributed by atoms with Crippen LogP contribution in [0.2, 0.25) is 0 Å². The van der Waals surface area contributed by atoms with E-state index in [9.17, 15) is 0 Å². The van der Waals surface area contributed by atoms with Crippen LogP contribution < -0.4 is 0 Å². The SMILES string of the molecule is CCCCCCn1c(Br)cc2ccc(Br)cc21. The summed E-state index contributed by atoms with van der Waals surface area (Å²) in [6.45, 7) is 3.35. The van der Waals surface area contributed by atoms with E-state index in [1.54, 1.807) is 0 Å². The Morgan fingerprint density at radius 1 is 1.06 bits per heavy atom. The van der Waals surface area contributed by atoms with Gasteiger partial charge in [-0.15, -0.1) is 0 Å². The van der Waals surface area contributed by atoms with Gasteiger partial charge >= 0.3 is 0 Å². The van der Waals surface area contributed by atoms with E-state index in [2.05, 4.69) is 67.6 Å². The average molecular weight is 359 g/mol. The molecule has 1 nitrogen and oxygen atoms in total. The summed E-state index contributed by atoms with van der Waals surface area (Å²) in [5.74, 6) is 0. The van der Waals surface area contributed by atoms with Crippen molar-refractivity contribution in [3.8, 4) is 0 Å². The van der Waals surface area contributed by atoms with Crippen LogP contribution in [0.5, 0.6) is 0 Å². The van der Waals surface area contributed by atoms with Crippen LogP contribution in [0.4, 0.5) is 0 Å². The summed E-state index contributed by atoms with van der Waals surface area (Å²) in [5.41, 5.74) is 1.31. The largest absolute Gasteiger partial charge is 0.335 e. The van der Waals surface area contributed by atoms with E-state index in [1.807, 2.05) is 0 Å². The van der Waals surface area contributed by atoms with E-state index in [4.69, 9.17) is 0 Å². The highest BCUT2D eigenvalue weighted by molar-refractivity contribution is 9.10. The molecule has 0 bridgehead atoms. The molecule has 0 fully saturated rings. The standard InChI is InChI=1S/C14H17Br2N/c1-2-3-4-5-8-17-13-10-12(15)7-6-11(13)9-14(17)16/h6-7,9-10H,2-5,8H2,1H3. The molecule has 2 rings (SSSR count). The number of halogens is 2. The highest BCUT2D eigenvalue weighted by atomic mass is 79.9. The minimum absolute atomic E-state index is 1.10. The summed E-state index contributed by atoms with van der Waals surface area (Å²) in [6, 6.07) is 8.64. The molecule has 0 aliphatic carbocycles. The summed E-state index contributed by atoms with van der Waals surface area (Å²) in [4.78, 5) is 0. The molecule has 0 saturated heterocycles. The van der Waals surface area contributed by atoms with Gasteiger partial charge in [0.2, 0.25) is 0 Å². The zero-order valence-electron chi connectivity index (χ0n) is 10.0. The summed E-state index contributed by atoms with van der Waals surface area (Å²) in [5, 5.41) is 1.30. The van der Waals surface area contributed by atoms with Crippen molar-refractivity contribution < 1.29 is 0 Å². The molecule has 0 atom stereocenters. The van der Waals surface area contributed by atoms with Gasteiger partial charge in [-0.05, 0) is 40.5 Å². The molecule has 17 heavy (non-hydrogen) atoms. The molecular weight excluding hydrogens is 342 g/mol. The van der Waals surface area contributed by atoms with E-state index >= 15 is 0 Å². The Morgan fingerprint density at radius 3 is 2.65 bits per heavy atom. The van der Waals surface area contributed by atoms with Gasteiger partial charge in [-0.25, -0.2) is 0 Å². The molecule has 0 radical (unpaired) electrons. The molecule has 0 aliphatic heterocycles. The lowest BCUT2D eigenvalue weighted by molar-refractivity contribution is 0.588. The summed E-state index contributed by atoms with van der Waals surface area (Å²) in [7, 11) is 0. The van der Waals surface area contributed by atoms with E-state index in [1.165, 1.54) is 41.2 Å². The molecule has 0 saturated carbocycles. The number of benzene rings is 1. The van der Waals surface area contributed by atoms with Gasteiger partial charge in [-0.3, -0.25) is 0 Å². The molecular formula is C14H17Br2N. The predicted molar refractivity (Wildman–Crippen MR) is 81.5 cm³/mol. The van der Waals surface area contributed by atoms with Crippen molar-refractivity contribution >= 4 is 42.8 Å². The van der Waals surface area contributed by atoms with Crippen molar-refractivity contribution in [2.24, 2.45) is 0 Å². The highest BCUT2D eigenvalue weighted by Crippen LogP contribution is 2.27. The number of nitrogens with zero attached hydrogens (tertiary/aromatic N) is 1. The van der Waals surface area contributed by atoms with Gasteiger partial charge in [-0.1, -0.05) is 48.2 Å². The first-order valence-corrected chi connectivity index (χ1v) is 7.75. The molecule has 1 aromatic carbocycles. The van der Waals surface area contributed by atoms with E-state index in [0.29, 0.717) is 0 Å². The van der Waals surface area contributed by atoms with Gasteiger partial charge in [-0.2, -0.15) is 0 Å². The fourth-order valence-corrected chi connectivity index (χ4v) is 3.08. The first kappa shape index (κ1) is 13.2. The van der Waals surface area contributed by atoms with E-state index in [0.717, 1.165) is 11.0 Å². The van der Waals surface area contributed by atoms with Gasteiger partial charge in [0.25, 0.3) is 0 Å². The van der Waals surface area contributed by atoms with Gasteiger partial charge in [0, 0.05) is 16.4 Å². The molecule has 1 aromatic heterocycles. The first-order chi connectivity index (χ1) is 8.22. The zero-order chi connectivity index (χ0) is 12.3. The lowest BCUT2D eigenvalue weighted by Gasteiger charge is -2.07.